The summed E-state index contributed by atoms with van der Waals surface area (Å²) in [5.41, 5.74) is 0.172. The van der Waals surface area contributed by atoms with E-state index in [-0.39, 0.29) is 30.5 Å². The van der Waals surface area contributed by atoms with Crippen LogP contribution in [0.4, 0.5) is 4.39 Å². The summed E-state index contributed by atoms with van der Waals surface area (Å²) in [6.45, 7) is 5.58. The van der Waals surface area contributed by atoms with Crippen LogP contribution in [0, 0.1) is 5.82 Å². The number of halogens is 1. The van der Waals surface area contributed by atoms with Crippen LogP contribution in [0.25, 0.3) is 0 Å². The fourth-order valence-corrected chi connectivity index (χ4v) is 1.35. The molecule has 0 aliphatic heterocycles. The summed E-state index contributed by atoms with van der Waals surface area (Å²) < 4.78 is 18.0. The maximum Gasteiger partial charge on any atom is 0.246 e. The van der Waals surface area contributed by atoms with Gasteiger partial charge in [0.25, 0.3) is 0 Å². The predicted octanol–water partition coefficient (Wildman–Crippen LogP) is 1.79. The van der Waals surface area contributed by atoms with Gasteiger partial charge in [0.2, 0.25) is 5.91 Å². The third-order valence-electron chi connectivity index (χ3n) is 2.38. The molecule has 2 N–H and O–H groups in total. The average molecular weight is 269 g/mol. The Bertz CT molecular complexity index is 412. The van der Waals surface area contributed by atoms with Crippen molar-refractivity contribution in [3.63, 3.8) is 0 Å². The highest BCUT2D eigenvalue weighted by molar-refractivity contribution is 5.77. The molecule has 5 heteroatoms. The van der Waals surface area contributed by atoms with E-state index in [1.807, 2.05) is 20.8 Å². The van der Waals surface area contributed by atoms with Crippen LogP contribution < -0.4 is 5.32 Å². The van der Waals surface area contributed by atoms with Crippen LogP contribution in [0.5, 0.6) is 0 Å². The zero-order valence-corrected chi connectivity index (χ0v) is 11.4. The molecule has 19 heavy (non-hydrogen) atoms. The van der Waals surface area contributed by atoms with Crippen LogP contribution in [-0.4, -0.2) is 29.8 Å². The molecule has 0 aliphatic rings. The Morgan fingerprint density at radius 2 is 1.95 bits per heavy atom. The number of carbonyl (C=O) groups excluding carboxylic acids is 1. The third-order valence-corrected chi connectivity index (χ3v) is 2.38. The van der Waals surface area contributed by atoms with Crippen LogP contribution >= 0.6 is 0 Å². The topological polar surface area (TPSA) is 58.6 Å². The zero-order chi connectivity index (χ0) is 14.5. The Balaban J connectivity index is 2.35. The zero-order valence-electron chi connectivity index (χ0n) is 11.4. The van der Waals surface area contributed by atoms with Gasteiger partial charge in [0.1, 0.15) is 12.4 Å². The number of benzene rings is 1. The molecule has 1 aromatic rings. The molecule has 0 radical (unpaired) electrons. The van der Waals surface area contributed by atoms with Crippen molar-refractivity contribution in [2.24, 2.45) is 0 Å². The second-order valence-electron chi connectivity index (χ2n) is 5.27. The van der Waals surface area contributed by atoms with Gasteiger partial charge in [0.05, 0.1) is 11.7 Å². The molecule has 0 saturated heterocycles. The van der Waals surface area contributed by atoms with Gasteiger partial charge in [-0.2, -0.15) is 0 Å². The van der Waals surface area contributed by atoms with E-state index in [9.17, 15) is 14.3 Å². The molecule has 0 aliphatic carbocycles. The minimum absolute atomic E-state index is 0.0559. The average Bonchev–Trinajstić information content (AvgIpc) is 2.33. The molecule has 0 saturated carbocycles. The Hall–Kier alpha value is -1.46. The lowest BCUT2D eigenvalue weighted by molar-refractivity contribution is -0.131. The van der Waals surface area contributed by atoms with Crippen molar-refractivity contribution in [3.8, 4) is 0 Å². The van der Waals surface area contributed by atoms with Crippen molar-refractivity contribution >= 4 is 5.91 Å². The molecule has 1 unspecified atom stereocenters. The standard InChI is InChI=1S/C14H20FNO3/c1-14(2,3)19-9-13(18)16-8-12(17)10-4-6-11(15)7-5-10/h4-7,12,17H,8-9H2,1-3H3,(H,16,18). The van der Waals surface area contributed by atoms with Gasteiger partial charge < -0.3 is 15.2 Å². The van der Waals surface area contributed by atoms with Crippen molar-refractivity contribution in [2.45, 2.75) is 32.5 Å². The van der Waals surface area contributed by atoms with E-state index in [0.717, 1.165) is 0 Å². The molecule has 1 amide bonds. The minimum atomic E-state index is -0.862. The highest BCUT2D eigenvalue weighted by atomic mass is 19.1. The van der Waals surface area contributed by atoms with Crippen LogP contribution in [0.3, 0.4) is 0 Å². The van der Waals surface area contributed by atoms with E-state index in [4.69, 9.17) is 4.74 Å². The number of nitrogens with one attached hydrogen (secondary N) is 1. The second-order valence-corrected chi connectivity index (χ2v) is 5.27. The number of hydrogen-bond acceptors (Lipinski definition) is 3. The first-order valence-electron chi connectivity index (χ1n) is 6.12. The summed E-state index contributed by atoms with van der Waals surface area (Å²) in [6, 6.07) is 5.50. The normalized spacial score (nSPS) is 13.1. The number of rotatable bonds is 5. The fraction of sp³-hybridized carbons (Fsp3) is 0.500. The van der Waals surface area contributed by atoms with Gasteiger partial charge in [-0.05, 0) is 38.5 Å². The van der Waals surface area contributed by atoms with Crippen LogP contribution in [0.2, 0.25) is 0 Å². The number of carbonyl (C=O) groups is 1. The van der Waals surface area contributed by atoms with E-state index in [0.29, 0.717) is 5.56 Å². The maximum atomic E-state index is 12.7. The van der Waals surface area contributed by atoms with Gasteiger partial charge in [-0.15, -0.1) is 0 Å². The SMILES string of the molecule is CC(C)(C)OCC(=O)NCC(O)c1ccc(F)cc1. The molecule has 0 bridgehead atoms. The quantitative estimate of drug-likeness (QED) is 0.856. The molecule has 1 atom stereocenters. The Kier molecular flexibility index (Phi) is 5.44. The molecule has 0 spiro atoms. The van der Waals surface area contributed by atoms with Crippen molar-refractivity contribution < 1.29 is 19.0 Å². The summed E-state index contributed by atoms with van der Waals surface area (Å²) in [5, 5.41) is 12.4. The lowest BCUT2D eigenvalue weighted by Gasteiger charge is -2.19. The first-order valence-corrected chi connectivity index (χ1v) is 6.12. The van der Waals surface area contributed by atoms with Crippen molar-refractivity contribution in [1.82, 2.24) is 5.32 Å². The number of ether oxygens (including phenoxy) is 1. The smallest absolute Gasteiger partial charge is 0.246 e. The first-order chi connectivity index (χ1) is 8.78. The first kappa shape index (κ1) is 15.6. The van der Waals surface area contributed by atoms with E-state index in [1.54, 1.807) is 0 Å². The van der Waals surface area contributed by atoms with E-state index in [2.05, 4.69) is 5.32 Å². The largest absolute Gasteiger partial charge is 0.387 e. The molecule has 0 heterocycles. The molecule has 0 aromatic heterocycles. The lowest BCUT2D eigenvalue weighted by atomic mass is 10.1. The van der Waals surface area contributed by atoms with Crippen molar-refractivity contribution in [1.29, 1.82) is 0 Å². The van der Waals surface area contributed by atoms with Crippen LogP contribution in [0.1, 0.15) is 32.4 Å². The number of hydrogen-bond donors (Lipinski definition) is 2. The second kappa shape index (κ2) is 6.63. The van der Waals surface area contributed by atoms with E-state index >= 15 is 0 Å². The molecular weight excluding hydrogens is 249 g/mol. The summed E-state index contributed by atoms with van der Waals surface area (Å²) in [7, 11) is 0. The maximum absolute atomic E-state index is 12.7. The Morgan fingerprint density at radius 3 is 2.47 bits per heavy atom. The molecule has 1 rings (SSSR count). The monoisotopic (exact) mass is 269 g/mol. The summed E-state index contributed by atoms with van der Waals surface area (Å²) in [5.74, 6) is -0.658. The Labute approximate surface area is 112 Å². The highest BCUT2D eigenvalue weighted by Crippen LogP contribution is 2.12. The number of aliphatic hydroxyl groups excluding tert-OH is 1. The Morgan fingerprint density at radius 1 is 1.37 bits per heavy atom. The molecule has 0 fully saturated rings. The molecule has 1 aromatic carbocycles. The summed E-state index contributed by atoms with van der Waals surface area (Å²) in [4.78, 5) is 11.5. The van der Waals surface area contributed by atoms with E-state index in [1.165, 1.54) is 24.3 Å². The van der Waals surface area contributed by atoms with Crippen molar-refractivity contribution in [2.75, 3.05) is 13.2 Å². The molecular formula is C14H20FNO3. The van der Waals surface area contributed by atoms with Gasteiger partial charge >= 0.3 is 0 Å². The van der Waals surface area contributed by atoms with Gasteiger partial charge in [0, 0.05) is 6.54 Å². The van der Waals surface area contributed by atoms with E-state index < -0.39 is 6.10 Å². The number of aliphatic hydroxyl groups is 1. The fourth-order valence-electron chi connectivity index (χ4n) is 1.35. The molecule has 106 valence electrons. The number of amides is 1. The van der Waals surface area contributed by atoms with Gasteiger partial charge in [0.15, 0.2) is 0 Å². The lowest BCUT2D eigenvalue weighted by Crippen LogP contribution is -2.34. The van der Waals surface area contributed by atoms with Gasteiger partial charge in [-0.25, -0.2) is 4.39 Å². The highest BCUT2D eigenvalue weighted by Gasteiger charge is 2.14. The van der Waals surface area contributed by atoms with Gasteiger partial charge in [-0.1, -0.05) is 12.1 Å². The third kappa shape index (κ3) is 6.31. The predicted molar refractivity (Wildman–Crippen MR) is 70.1 cm³/mol. The van der Waals surface area contributed by atoms with Crippen LogP contribution in [-0.2, 0) is 9.53 Å². The molecule has 4 nitrogen and oxygen atoms in total. The van der Waals surface area contributed by atoms with Crippen molar-refractivity contribution in [3.05, 3.63) is 35.6 Å². The summed E-state index contributed by atoms with van der Waals surface area (Å²) >= 11 is 0. The summed E-state index contributed by atoms with van der Waals surface area (Å²) in [6.07, 6.45) is -0.862. The van der Waals surface area contributed by atoms with Gasteiger partial charge in [-0.3, -0.25) is 4.79 Å². The minimum Gasteiger partial charge on any atom is -0.387 e. The van der Waals surface area contributed by atoms with Crippen LogP contribution in [0.15, 0.2) is 24.3 Å².